The van der Waals surface area contributed by atoms with Crippen LogP contribution in [-0.2, 0) is 11.3 Å². The van der Waals surface area contributed by atoms with E-state index < -0.39 is 0 Å². The van der Waals surface area contributed by atoms with Crippen molar-refractivity contribution in [1.29, 1.82) is 0 Å². The molecule has 2 aliphatic rings. The second-order valence-electron chi connectivity index (χ2n) is 4.08. The molecule has 1 aromatic rings. The third-order valence-corrected chi connectivity index (χ3v) is 3.88. The normalized spacial score (nSPS) is 35.3. The molecule has 0 aromatic carbocycles. The zero-order chi connectivity index (χ0) is 9.38. The first kappa shape index (κ1) is 8.83. The molecule has 2 bridgehead atoms. The number of nitrogens with zero attached hydrogens (tertiary/aromatic N) is 1. The Morgan fingerprint density at radius 2 is 2.57 bits per heavy atom. The average Bonchev–Trinajstić information content (AvgIpc) is 2.91. The van der Waals surface area contributed by atoms with E-state index in [0.29, 0.717) is 18.2 Å². The van der Waals surface area contributed by atoms with Crippen LogP contribution in [0, 0.1) is 0 Å². The van der Waals surface area contributed by atoms with Crippen molar-refractivity contribution in [3.63, 3.8) is 0 Å². The van der Waals surface area contributed by atoms with Crippen LogP contribution in [0.3, 0.4) is 0 Å². The van der Waals surface area contributed by atoms with Crippen LogP contribution in [-0.4, -0.2) is 22.6 Å². The molecule has 3 rings (SSSR count). The lowest BCUT2D eigenvalue weighted by atomic mass is 9.95. The van der Waals surface area contributed by atoms with E-state index in [1.807, 2.05) is 6.20 Å². The zero-order valence-corrected chi connectivity index (χ0v) is 8.80. The predicted molar refractivity (Wildman–Crippen MR) is 55.3 cm³/mol. The minimum atomic E-state index is 0.480. The smallest absolute Gasteiger partial charge is 0.0733 e. The van der Waals surface area contributed by atoms with E-state index in [0.717, 1.165) is 6.54 Å². The van der Waals surface area contributed by atoms with Crippen LogP contribution in [0.4, 0.5) is 0 Å². The van der Waals surface area contributed by atoms with Gasteiger partial charge in [-0.15, -0.1) is 0 Å². The van der Waals surface area contributed by atoms with E-state index >= 15 is 0 Å². The molecule has 4 heteroatoms. The van der Waals surface area contributed by atoms with Gasteiger partial charge in [0.05, 0.1) is 12.2 Å². The number of hydrogen-bond acceptors (Lipinski definition) is 4. The SMILES string of the molecule is c1cc(CNC2CC3CCC2O3)sn1. The van der Waals surface area contributed by atoms with Crippen molar-refractivity contribution >= 4 is 11.5 Å². The van der Waals surface area contributed by atoms with Crippen LogP contribution in [0.5, 0.6) is 0 Å². The van der Waals surface area contributed by atoms with Crippen LogP contribution in [0.25, 0.3) is 0 Å². The monoisotopic (exact) mass is 210 g/mol. The third kappa shape index (κ3) is 1.58. The first-order chi connectivity index (χ1) is 6.92. The summed E-state index contributed by atoms with van der Waals surface area (Å²) in [4.78, 5) is 1.31. The molecule has 0 spiro atoms. The molecule has 2 fully saturated rings. The van der Waals surface area contributed by atoms with Gasteiger partial charge in [-0.1, -0.05) is 0 Å². The molecular weight excluding hydrogens is 196 g/mol. The summed E-state index contributed by atoms with van der Waals surface area (Å²) in [5, 5.41) is 3.56. The Labute approximate surface area is 87.6 Å². The van der Waals surface area contributed by atoms with Crippen molar-refractivity contribution in [3.8, 4) is 0 Å². The van der Waals surface area contributed by atoms with Crippen molar-refractivity contribution in [2.45, 2.75) is 44.1 Å². The molecule has 3 heterocycles. The number of aromatic nitrogens is 1. The van der Waals surface area contributed by atoms with Gasteiger partial charge in [0.25, 0.3) is 0 Å². The molecule has 14 heavy (non-hydrogen) atoms. The van der Waals surface area contributed by atoms with E-state index in [4.69, 9.17) is 4.74 Å². The van der Waals surface area contributed by atoms with Crippen LogP contribution < -0.4 is 5.32 Å². The van der Waals surface area contributed by atoms with Crippen LogP contribution >= 0.6 is 11.5 Å². The van der Waals surface area contributed by atoms with E-state index in [1.165, 1.54) is 24.1 Å². The maximum Gasteiger partial charge on any atom is 0.0733 e. The van der Waals surface area contributed by atoms with Crippen LogP contribution in [0.1, 0.15) is 24.1 Å². The fourth-order valence-electron chi connectivity index (χ4n) is 2.42. The Morgan fingerprint density at radius 1 is 1.57 bits per heavy atom. The summed E-state index contributed by atoms with van der Waals surface area (Å²) < 4.78 is 9.87. The molecular formula is C10H14N2OS. The van der Waals surface area contributed by atoms with Crippen molar-refractivity contribution in [3.05, 3.63) is 17.1 Å². The Bertz CT molecular complexity index is 301. The lowest BCUT2D eigenvalue weighted by Crippen LogP contribution is -2.36. The van der Waals surface area contributed by atoms with Gasteiger partial charge in [0.1, 0.15) is 0 Å². The number of ether oxygens (including phenoxy) is 1. The first-order valence-electron chi connectivity index (χ1n) is 5.20. The lowest BCUT2D eigenvalue weighted by molar-refractivity contribution is 0.0973. The summed E-state index contributed by atoms with van der Waals surface area (Å²) >= 11 is 1.57. The number of nitrogens with one attached hydrogen (secondary N) is 1. The molecule has 0 radical (unpaired) electrons. The topological polar surface area (TPSA) is 34.1 Å². The van der Waals surface area contributed by atoms with Gasteiger partial charge in [-0.3, -0.25) is 0 Å². The Kier molecular flexibility index (Phi) is 2.27. The molecule has 1 N–H and O–H groups in total. The summed E-state index contributed by atoms with van der Waals surface area (Å²) in [7, 11) is 0. The van der Waals surface area contributed by atoms with Gasteiger partial charge in [-0.25, -0.2) is 4.37 Å². The summed E-state index contributed by atoms with van der Waals surface area (Å²) in [6.45, 7) is 0.946. The van der Waals surface area contributed by atoms with E-state index in [2.05, 4.69) is 15.8 Å². The Hall–Kier alpha value is -0.450. The minimum Gasteiger partial charge on any atom is -0.373 e. The summed E-state index contributed by atoms with van der Waals surface area (Å²) in [6.07, 6.45) is 6.59. The molecule has 1 aromatic heterocycles. The molecule has 0 aliphatic carbocycles. The maximum atomic E-state index is 5.78. The quantitative estimate of drug-likeness (QED) is 0.822. The molecule has 2 saturated heterocycles. The molecule has 3 nitrogen and oxygen atoms in total. The highest BCUT2D eigenvalue weighted by Crippen LogP contribution is 2.34. The summed E-state index contributed by atoms with van der Waals surface area (Å²) in [6, 6.07) is 2.65. The number of fused-ring (bicyclic) bond motifs is 2. The third-order valence-electron chi connectivity index (χ3n) is 3.14. The van der Waals surface area contributed by atoms with Crippen LogP contribution in [0.15, 0.2) is 12.3 Å². The van der Waals surface area contributed by atoms with Gasteiger partial charge in [-0.05, 0) is 36.9 Å². The average molecular weight is 210 g/mol. The molecule has 76 valence electrons. The van der Waals surface area contributed by atoms with Crippen molar-refractivity contribution in [2.75, 3.05) is 0 Å². The van der Waals surface area contributed by atoms with E-state index in [1.54, 1.807) is 11.5 Å². The van der Waals surface area contributed by atoms with E-state index in [9.17, 15) is 0 Å². The largest absolute Gasteiger partial charge is 0.373 e. The van der Waals surface area contributed by atoms with Crippen molar-refractivity contribution in [1.82, 2.24) is 9.69 Å². The predicted octanol–water partition coefficient (Wildman–Crippen LogP) is 1.55. The van der Waals surface area contributed by atoms with Gasteiger partial charge >= 0.3 is 0 Å². The van der Waals surface area contributed by atoms with Gasteiger partial charge < -0.3 is 10.1 Å². The molecule has 0 saturated carbocycles. The Morgan fingerprint density at radius 3 is 3.21 bits per heavy atom. The highest BCUT2D eigenvalue weighted by Gasteiger charge is 2.40. The second kappa shape index (κ2) is 3.61. The van der Waals surface area contributed by atoms with Crippen molar-refractivity contribution < 1.29 is 4.74 Å². The summed E-state index contributed by atoms with van der Waals surface area (Å²) in [5.74, 6) is 0. The highest BCUT2D eigenvalue weighted by atomic mass is 32.1. The zero-order valence-electron chi connectivity index (χ0n) is 7.98. The van der Waals surface area contributed by atoms with E-state index in [-0.39, 0.29) is 0 Å². The first-order valence-corrected chi connectivity index (χ1v) is 5.97. The second-order valence-corrected chi connectivity index (χ2v) is 4.99. The van der Waals surface area contributed by atoms with Crippen LogP contribution in [0.2, 0.25) is 0 Å². The van der Waals surface area contributed by atoms with Gasteiger partial charge in [0.2, 0.25) is 0 Å². The molecule has 3 unspecified atom stereocenters. The maximum absolute atomic E-state index is 5.78. The molecule has 3 atom stereocenters. The minimum absolute atomic E-state index is 0.480. The fourth-order valence-corrected chi connectivity index (χ4v) is 2.94. The number of hydrogen-bond donors (Lipinski definition) is 1. The molecule has 0 amide bonds. The molecule has 2 aliphatic heterocycles. The number of rotatable bonds is 3. The van der Waals surface area contributed by atoms with Crippen molar-refractivity contribution in [2.24, 2.45) is 0 Å². The van der Waals surface area contributed by atoms with Gasteiger partial charge in [0, 0.05) is 23.7 Å². The highest BCUT2D eigenvalue weighted by molar-refractivity contribution is 7.05. The van der Waals surface area contributed by atoms with Gasteiger partial charge in [0.15, 0.2) is 0 Å². The lowest BCUT2D eigenvalue weighted by Gasteiger charge is -2.19. The Balaban J connectivity index is 1.54. The van der Waals surface area contributed by atoms with Gasteiger partial charge in [-0.2, -0.15) is 0 Å². The summed E-state index contributed by atoms with van der Waals surface area (Å²) in [5.41, 5.74) is 0. The fraction of sp³-hybridized carbons (Fsp3) is 0.700. The standard InChI is InChI=1S/C10H14N2OS/c1-2-10-9(5-7(1)13-10)11-6-8-3-4-12-14-8/h3-4,7,9-11H,1-2,5-6H2.